The van der Waals surface area contributed by atoms with Crippen LogP contribution in [0.15, 0.2) is 12.1 Å². The minimum absolute atomic E-state index is 0.319. The van der Waals surface area contributed by atoms with E-state index in [0.29, 0.717) is 6.61 Å². The van der Waals surface area contributed by atoms with Crippen molar-refractivity contribution >= 4 is 0 Å². The van der Waals surface area contributed by atoms with E-state index in [2.05, 4.69) is 26.8 Å². The van der Waals surface area contributed by atoms with E-state index < -0.39 is 0 Å². The highest BCUT2D eigenvalue weighted by molar-refractivity contribution is 5.41. The normalized spacial score (nSPS) is 10.9. The highest BCUT2D eigenvalue weighted by Crippen LogP contribution is 2.23. The largest absolute Gasteiger partial charge is 0.488 e. The fourth-order valence-electron chi connectivity index (χ4n) is 1.54. The lowest BCUT2D eigenvalue weighted by Gasteiger charge is -2.17. The first-order valence-corrected chi connectivity index (χ1v) is 5.34. The molecule has 0 aromatic heterocycles. The summed E-state index contributed by atoms with van der Waals surface area (Å²) in [6, 6.07) is 4.18. The molecular formula is C13H20O3. The Morgan fingerprint density at radius 3 is 2.25 bits per heavy atom. The Hall–Kier alpha value is -1.06. The monoisotopic (exact) mass is 224 g/mol. The third kappa shape index (κ3) is 3.22. The zero-order valence-electron chi connectivity index (χ0n) is 10.7. The summed E-state index contributed by atoms with van der Waals surface area (Å²) in [4.78, 5) is 0. The van der Waals surface area contributed by atoms with Crippen molar-refractivity contribution in [1.29, 1.82) is 0 Å². The summed E-state index contributed by atoms with van der Waals surface area (Å²) in [7, 11) is 3.21. The minimum Gasteiger partial charge on any atom is -0.488 e. The Labute approximate surface area is 97.3 Å². The Balaban J connectivity index is 2.73. The lowest BCUT2D eigenvalue weighted by atomic mass is 10.1. The van der Waals surface area contributed by atoms with Crippen molar-refractivity contribution in [3.05, 3.63) is 28.8 Å². The van der Waals surface area contributed by atoms with E-state index in [9.17, 15) is 0 Å². The van der Waals surface area contributed by atoms with Crippen molar-refractivity contribution in [2.75, 3.05) is 20.8 Å². The van der Waals surface area contributed by atoms with Crippen LogP contribution in [0, 0.1) is 20.8 Å². The Morgan fingerprint density at radius 1 is 1.06 bits per heavy atom. The van der Waals surface area contributed by atoms with E-state index in [1.54, 1.807) is 14.2 Å². The average molecular weight is 224 g/mol. The quantitative estimate of drug-likeness (QED) is 0.719. The topological polar surface area (TPSA) is 27.7 Å². The van der Waals surface area contributed by atoms with Crippen molar-refractivity contribution in [2.45, 2.75) is 27.1 Å². The third-order valence-corrected chi connectivity index (χ3v) is 2.66. The molecule has 0 heterocycles. The molecule has 0 radical (unpaired) electrons. The maximum atomic E-state index is 5.69. The first-order chi connectivity index (χ1) is 7.58. The van der Waals surface area contributed by atoms with E-state index in [4.69, 9.17) is 14.2 Å². The number of aryl methyl sites for hydroxylation is 2. The summed E-state index contributed by atoms with van der Waals surface area (Å²) < 4.78 is 15.8. The van der Waals surface area contributed by atoms with Crippen LogP contribution in [0.4, 0.5) is 0 Å². The van der Waals surface area contributed by atoms with Gasteiger partial charge < -0.3 is 14.2 Å². The second-order valence-corrected chi connectivity index (χ2v) is 3.92. The van der Waals surface area contributed by atoms with Gasteiger partial charge in [0.2, 0.25) is 0 Å². The SMILES string of the molecule is COC(COc1cc(C)cc(C)c1C)OC. The van der Waals surface area contributed by atoms with Crippen molar-refractivity contribution in [3.63, 3.8) is 0 Å². The smallest absolute Gasteiger partial charge is 0.191 e. The van der Waals surface area contributed by atoms with Gasteiger partial charge in [0.1, 0.15) is 12.4 Å². The maximum Gasteiger partial charge on any atom is 0.191 e. The number of hydrogen-bond acceptors (Lipinski definition) is 3. The van der Waals surface area contributed by atoms with Gasteiger partial charge in [-0.15, -0.1) is 0 Å². The molecule has 0 aliphatic rings. The van der Waals surface area contributed by atoms with E-state index in [1.165, 1.54) is 11.1 Å². The molecule has 0 aliphatic carbocycles. The molecule has 1 aromatic carbocycles. The fraction of sp³-hybridized carbons (Fsp3) is 0.538. The predicted molar refractivity (Wildman–Crippen MR) is 64.0 cm³/mol. The predicted octanol–water partition coefficient (Wildman–Crippen LogP) is 2.61. The Kier molecular flexibility index (Phi) is 4.77. The summed E-state index contributed by atoms with van der Waals surface area (Å²) in [5.41, 5.74) is 3.60. The van der Waals surface area contributed by atoms with Crippen LogP contribution in [0.2, 0.25) is 0 Å². The van der Waals surface area contributed by atoms with Crippen molar-refractivity contribution in [3.8, 4) is 5.75 Å². The molecule has 0 spiro atoms. The first kappa shape index (κ1) is 13.0. The van der Waals surface area contributed by atoms with Gasteiger partial charge in [0.05, 0.1) is 0 Å². The van der Waals surface area contributed by atoms with Crippen molar-refractivity contribution in [2.24, 2.45) is 0 Å². The van der Waals surface area contributed by atoms with Gasteiger partial charge >= 0.3 is 0 Å². The first-order valence-electron chi connectivity index (χ1n) is 5.34. The second kappa shape index (κ2) is 5.87. The zero-order valence-corrected chi connectivity index (χ0v) is 10.7. The molecule has 0 bridgehead atoms. The average Bonchev–Trinajstić information content (AvgIpc) is 2.26. The molecule has 0 saturated carbocycles. The molecule has 0 atom stereocenters. The minimum atomic E-state index is -0.319. The molecule has 0 amide bonds. The van der Waals surface area contributed by atoms with E-state index in [0.717, 1.165) is 11.3 Å². The molecule has 0 N–H and O–H groups in total. The summed E-state index contributed by atoms with van der Waals surface area (Å²) in [5, 5.41) is 0. The molecule has 1 aromatic rings. The molecule has 90 valence electrons. The van der Waals surface area contributed by atoms with Gasteiger partial charge in [0.25, 0.3) is 0 Å². The molecule has 3 nitrogen and oxygen atoms in total. The number of rotatable bonds is 5. The van der Waals surface area contributed by atoms with Crippen LogP contribution in [-0.2, 0) is 9.47 Å². The van der Waals surface area contributed by atoms with Crippen LogP contribution in [0.3, 0.4) is 0 Å². The molecule has 0 fully saturated rings. The van der Waals surface area contributed by atoms with Gasteiger partial charge in [-0.1, -0.05) is 6.07 Å². The molecule has 16 heavy (non-hydrogen) atoms. The van der Waals surface area contributed by atoms with Crippen molar-refractivity contribution in [1.82, 2.24) is 0 Å². The Morgan fingerprint density at radius 2 is 1.69 bits per heavy atom. The van der Waals surface area contributed by atoms with Crippen LogP contribution in [-0.4, -0.2) is 27.1 Å². The van der Waals surface area contributed by atoms with Gasteiger partial charge in [-0.25, -0.2) is 0 Å². The lowest BCUT2D eigenvalue weighted by Crippen LogP contribution is -2.22. The summed E-state index contributed by atoms with van der Waals surface area (Å²) >= 11 is 0. The second-order valence-electron chi connectivity index (χ2n) is 3.92. The fourth-order valence-corrected chi connectivity index (χ4v) is 1.54. The van der Waals surface area contributed by atoms with E-state index >= 15 is 0 Å². The summed E-state index contributed by atoms with van der Waals surface area (Å²) in [6.07, 6.45) is -0.319. The van der Waals surface area contributed by atoms with Gasteiger partial charge in [0.15, 0.2) is 6.29 Å². The molecule has 0 saturated heterocycles. The highest BCUT2D eigenvalue weighted by Gasteiger charge is 2.09. The maximum absolute atomic E-state index is 5.69. The number of methoxy groups -OCH3 is 2. The highest BCUT2D eigenvalue weighted by atomic mass is 16.7. The van der Waals surface area contributed by atoms with Gasteiger partial charge in [-0.05, 0) is 43.5 Å². The van der Waals surface area contributed by atoms with E-state index in [1.807, 2.05) is 6.07 Å². The summed E-state index contributed by atoms with van der Waals surface area (Å²) in [6.45, 7) is 6.60. The lowest BCUT2D eigenvalue weighted by molar-refractivity contribution is -0.122. The van der Waals surface area contributed by atoms with E-state index in [-0.39, 0.29) is 6.29 Å². The van der Waals surface area contributed by atoms with Crippen LogP contribution >= 0.6 is 0 Å². The third-order valence-electron chi connectivity index (χ3n) is 2.66. The van der Waals surface area contributed by atoms with Gasteiger partial charge in [0, 0.05) is 14.2 Å². The molecular weight excluding hydrogens is 204 g/mol. The van der Waals surface area contributed by atoms with Crippen LogP contribution in [0.25, 0.3) is 0 Å². The number of ether oxygens (including phenoxy) is 3. The van der Waals surface area contributed by atoms with Gasteiger partial charge in [-0.3, -0.25) is 0 Å². The Bertz CT molecular complexity index is 343. The van der Waals surface area contributed by atoms with Crippen molar-refractivity contribution < 1.29 is 14.2 Å². The number of hydrogen-bond donors (Lipinski definition) is 0. The molecule has 0 aliphatic heterocycles. The van der Waals surface area contributed by atoms with Crippen LogP contribution in [0.5, 0.6) is 5.75 Å². The van der Waals surface area contributed by atoms with Crippen LogP contribution < -0.4 is 4.74 Å². The van der Waals surface area contributed by atoms with Crippen LogP contribution in [0.1, 0.15) is 16.7 Å². The number of benzene rings is 1. The molecule has 1 rings (SSSR count). The summed E-state index contributed by atoms with van der Waals surface area (Å²) in [5.74, 6) is 0.900. The molecule has 0 unspecified atom stereocenters. The standard InChI is InChI=1S/C13H20O3/c1-9-6-10(2)11(3)12(7-9)16-8-13(14-4)15-5/h6-7,13H,8H2,1-5H3. The zero-order chi connectivity index (χ0) is 12.1. The molecule has 3 heteroatoms. The van der Waals surface area contributed by atoms with Gasteiger partial charge in [-0.2, -0.15) is 0 Å².